The molecule has 3 aromatic rings. The maximum absolute atomic E-state index is 11.1. The van der Waals surface area contributed by atoms with E-state index in [2.05, 4.69) is 6.07 Å². The lowest BCUT2D eigenvalue weighted by Crippen LogP contribution is -2.03. The Morgan fingerprint density at radius 1 is 1.35 bits per heavy atom. The lowest BCUT2D eigenvalue weighted by molar-refractivity contribution is 0.0701. The largest absolute Gasteiger partial charge is 0.477 e. The molecule has 5 heteroatoms. The third kappa shape index (κ3) is 1.96. The molecular formula is C15H10N2O2S. The topological polar surface area (TPSA) is 66.0 Å². The van der Waals surface area contributed by atoms with E-state index in [4.69, 9.17) is 10.4 Å². The number of rotatable bonds is 3. The van der Waals surface area contributed by atoms with Crippen LogP contribution in [-0.4, -0.2) is 15.6 Å². The van der Waals surface area contributed by atoms with Crippen LogP contribution in [0.2, 0.25) is 0 Å². The molecule has 0 aliphatic heterocycles. The van der Waals surface area contributed by atoms with Crippen molar-refractivity contribution >= 4 is 28.2 Å². The Bertz CT molecular complexity index is 839. The highest BCUT2D eigenvalue weighted by Crippen LogP contribution is 2.23. The summed E-state index contributed by atoms with van der Waals surface area (Å²) in [6.07, 6.45) is 1.88. The van der Waals surface area contributed by atoms with Crippen LogP contribution in [-0.2, 0) is 6.54 Å². The van der Waals surface area contributed by atoms with Crippen LogP contribution in [0.5, 0.6) is 0 Å². The number of nitriles is 1. The second kappa shape index (κ2) is 4.83. The normalized spacial score (nSPS) is 10.6. The molecule has 0 fully saturated rings. The standard InChI is InChI=1S/C15H10N2O2S/c16-8-10-2-1-3-13-12(10)4-6-17(13)9-11-5-7-20-14(11)15(18)19/h1-7H,9H2,(H,18,19). The Morgan fingerprint density at radius 2 is 2.20 bits per heavy atom. The van der Waals surface area contributed by atoms with Crippen molar-refractivity contribution in [3.63, 3.8) is 0 Å². The van der Waals surface area contributed by atoms with E-state index in [-0.39, 0.29) is 0 Å². The summed E-state index contributed by atoms with van der Waals surface area (Å²) in [5.74, 6) is -0.899. The van der Waals surface area contributed by atoms with Gasteiger partial charge in [0.15, 0.2) is 0 Å². The number of carbonyl (C=O) groups is 1. The van der Waals surface area contributed by atoms with E-state index < -0.39 is 5.97 Å². The molecule has 2 heterocycles. The van der Waals surface area contributed by atoms with Crippen LogP contribution >= 0.6 is 11.3 Å². The minimum atomic E-state index is -0.899. The van der Waals surface area contributed by atoms with Gasteiger partial charge in [-0.25, -0.2) is 4.79 Å². The molecule has 0 radical (unpaired) electrons. The zero-order chi connectivity index (χ0) is 14.1. The summed E-state index contributed by atoms with van der Waals surface area (Å²) >= 11 is 1.23. The van der Waals surface area contributed by atoms with Crippen LogP contribution in [0.15, 0.2) is 41.9 Å². The minimum absolute atomic E-state index is 0.364. The van der Waals surface area contributed by atoms with Gasteiger partial charge in [0.2, 0.25) is 0 Å². The number of carboxylic acids is 1. The number of aromatic nitrogens is 1. The van der Waals surface area contributed by atoms with Gasteiger partial charge >= 0.3 is 5.97 Å². The smallest absolute Gasteiger partial charge is 0.346 e. The fraction of sp³-hybridized carbons (Fsp3) is 0.0667. The minimum Gasteiger partial charge on any atom is -0.477 e. The van der Waals surface area contributed by atoms with Gasteiger partial charge in [-0.2, -0.15) is 5.26 Å². The third-order valence-corrected chi connectivity index (χ3v) is 4.16. The Kier molecular flexibility index (Phi) is 3.01. The molecule has 0 saturated carbocycles. The maximum Gasteiger partial charge on any atom is 0.346 e. The first-order chi connectivity index (χ1) is 9.70. The number of aromatic carboxylic acids is 1. The fourth-order valence-corrected chi connectivity index (χ4v) is 3.04. The highest BCUT2D eigenvalue weighted by Gasteiger charge is 2.13. The molecule has 2 aromatic heterocycles. The van der Waals surface area contributed by atoms with Gasteiger partial charge in [-0.15, -0.1) is 11.3 Å². The van der Waals surface area contributed by atoms with Crippen molar-refractivity contribution in [2.45, 2.75) is 6.54 Å². The van der Waals surface area contributed by atoms with E-state index >= 15 is 0 Å². The number of nitrogens with zero attached hydrogens (tertiary/aromatic N) is 2. The van der Waals surface area contributed by atoms with Crippen LogP contribution in [0.25, 0.3) is 10.9 Å². The molecule has 0 saturated heterocycles. The summed E-state index contributed by atoms with van der Waals surface area (Å²) in [7, 11) is 0. The molecule has 0 aliphatic rings. The first-order valence-electron chi connectivity index (χ1n) is 5.98. The molecule has 0 aliphatic carbocycles. The van der Waals surface area contributed by atoms with Crippen molar-refractivity contribution < 1.29 is 9.90 Å². The predicted molar refractivity (Wildman–Crippen MR) is 77.0 cm³/mol. The molecule has 0 bridgehead atoms. The van der Waals surface area contributed by atoms with Gasteiger partial charge in [0.25, 0.3) is 0 Å². The Labute approximate surface area is 119 Å². The maximum atomic E-state index is 11.1. The number of hydrogen-bond acceptors (Lipinski definition) is 3. The lowest BCUT2D eigenvalue weighted by atomic mass is 10.1. The van der Waals surface area contributed by atoms with E-state index in [0.29, 0.717) is 17.0 Å². The van der Waals surface area contributed by atoms with Crippen molar-refractivity contribution in [1.82, 2.24) is 4.57 Å². The molecule has 0 unspecified atom stereocenters. The molecule has 3 rings (SSSR count). The number of carboxylic acid groups (broad SMARTS) is 1. The number of thiophene rings is 1. The fourth-order valence-electron chi connectivity index (χ4n) is 2.29. The van der Waals surface area contributed by atoms with Crippen molar-refractivity contribution in [3.8, 4) is 6.07 Å². The van der Waals surface area contributed by atoms with Gasteiger partial charge in [-0.1, -0.05) is 6.07 Å². The van der Waals surface area contributed by atoms with Crippen LogP contribution in [0, 0.1) is 11.3 Å². The van der Waals surface area contributed by atoms with Crippen LogP contribution in [0.3, 0.4) is 0 Å². The molecular weight excluding hydrogens is 272 g/mol. The lowest BCUT2D eigenvalue weighted by Gasteiger charge is -2.05. The summed E-state index contributed by atoms with van der Waals surface area (Å²) in [5.41, 5.74) is 2.35. The van der Waals surface area contributed by atoms with Gasteiger partial charge in [0.1, 0.15) is 4.88 Å². The van der Waals surface area contributed by atoms with Gasteiger partial charge in [0, 0.05) is 23.6 Å². The Balaban J connectivity index is 2.06. The molecule has 1 aromatic carbocycles. The van der Waals surface area contributed by atoms with E-state index in [9.17, 15) is 4.79 Å². The van der Waals surface area contributed by atoms with Gasteiger partial charge in [-0.3, -0.25) is 0 Å². The van der Waals surface area contributed by atoms with E-state index in [0.717, 1.165) is 16.5 Å². The summed E-state index contributed by atoms with van der Waals surface area (Å²) < 4.78 is 1.96. The van der Waals surface area contributed by atoms with Crippen molar-refractivity contribution in [3.05, 3.63) is 57.9 Å². The molecule has 0 amide bonds. The average Bonchev–Trinajstić information content (AvgIpc) is 3.06. The molecule has 20 heavy (non-hydrogen) atoms. The summed E-state index contributed by atoms with van der Waals surface area (Å²) in [4.78, 5) is 11.5. The van der Waals surface area contributed by atoms with Crippen LogP contribution in [0.1, 0.15) is 20.8 Å². The monoisotopic (exact) mass is 282 g/mol. The highest BCUT2D eigenvalue weighted by atomic mass is 32.1. The Morgan fingerprint density at radius 3 is 2.95 bits per heavy atom. The molecule has 98 valence electrons. The average molecular weight is 282 g/mol. The quantitative estimate of drug-likeness (QED) is 0.801. The zero-order valence-electron chi connectivity index (χ0n) is 10.4. The zero-order valence-corrected chi connectivity index (χ0v) is 11.2. The predicted octanol–water partition coefficient (Wildman–Crippen LogP) is 3.32. The summed E-state index contributed by atoms with van der Waals surface area (Å²) in [6, 6.07) is 11.4. The molecule has 4 nitrogen and oxygen atoms in total. The third-order valence-electron chi connectivity index (χ3n) is 3.22. The van der Waals surface area contributed by atoms with Gasteiger partial charge in [-0.05, 0) is 35.2 Å². The van der Waals surface area contributed by atoms with Crippen molar-refractivity contribution in [2.75, 3.05) is 0 Å². The van der Waals surface area contributed by atoms with Crippen LogP contribution < -0.4 is 0 Å². The SMILES string of the molecule is N#Cc1cccc2c1ccn2Cc1ccsc1C(=O)O. The van der Waals surface area contributed by atoms with E-state index in [1.54, 1.807) is 11.4 Å². The highest BCUT2D eigenvalue weighted by molar-refractivity contribution is 7.12. The second-order valence-electron chi connectivity index (χ2n) is 4.37. The molecule has 1 N–H and O–H groups in total. The molecule has 0 atom stereocenters. The first-order valence-corrected chi connectivity index (χ1v) is 6.86. The van der Waals surface area contributed by atoms with Gasteiger partial charge < -0.3 is 9.67 Å². The summed E-state index contributed by atoms with van der Waals surface area (Å²) in [6.45, 7) is 0.490. The van der Waals surface area contributed by atoms with Gasteiger partial charge in [0.05, 0.1) is 11.6 Å². The van der Waals surface area contributed by atoms with E-state index in [1.807, 2.05) is 35.0 Å². The van der Waals surface area contributed by atoms with Crippen molar-refractivity contribution in [2.24, 2.45) is 0 Å². The second-order valence-corrected chi connectivity index (χ2v) is 5.29. The Hall–Kier alpha value is -2.58. The number of benzene rings is 1. The van der Waals surface area contributed by atoms with E-state index in [1.165, 1.54) is 11.3 Å². The number of hydrogen-bond donors (Lipinski definition) is 1. The number of fused-ring (bicyclic) bond motifs is 1. The first kappa shape index (κ1) is 12.5. The van der Waals surface area contributed by atoms with Crippen LogP contribution in [0.4, 0.5) is 0 Å². The molecule has 0 spiro atoms. The van der Waals surface area contributed by atoms with Crippen molar-refractivity contribution in [1.29, 1.82) is 5.26 Å². The summed E-state index contributed by atoms with van der Waals surface area (Å²) in [5, 5.41) is 20.9.